The Morgan fingerprint density at radius 3 is 2.11 bits per heavy atom. The number of aromatic amines is 3. The highest BCUT2D eigenvalue weighted by atomic mass is 16.6. The molecule has 0 aliphatic heterocycles. The van der Waals surface area contributed by atoms with Gasteiger partial charge in [-0.05, 0) is 85.7 Å². The highest BCUT2D eigenvalue weighted by Gasteiger charge is 2.18. The number of H-pyrrole nitrogens is 3. The Hall–Kier alpha value is -6.30. The average Bonchev–Trinajstić information content (AvgIpc) is 3.52. The lowest BCUT2D eigenvalue weighted by molar-refractivity contribution is 0.0696. The van der Waals surface area contributed by atoms with Gasteiger partial charge in [0.1, 0.15) is 11.4 Å². The lowest BCUT2D eigenvalue weighted by Gasteiger charge is -2.07. The molecule has 0 spiro atoms. The molecule has 0 atom stereocenters. The highest BCUT2D eigenvalue weighted by Crippen LogP contribution is 2.32. The van der Waals surface area contributed by atoms with Gasteiger partial charge in [-0.25, -0.2) is 9.48 Å². The molecule has 2 aromatic carbocycles. The van der Waals surface area contributed by atoms with Gasteiger partial charge < -0.3 is 30.0 Å². The molecule has 0 aliphatic carbocycles. The van der Waals surface area contributed by atoms with Crippen LogP contribution in [0.1, 0.15) is 32.6 Å². The topological polar surface area (TPSA) is 195 Å². The summed E-state index contributed by atoms with van der Waals surface area (Å²) in [6.45, 7) is 2.83. The van der Waals surface area contributed by atoms with E-state index >= 15 is 0 Å². The molecule has 0 aliphatic rings. The maximum Gasteiger partial charge on any atom is 0.335 e. The summed E-state index contributed by atoms with van der Waals surface area (Å²) in [6, 6.07) is 12.3. The van der Waals surface area contributed by atoms with Crippen LogP contribution in [0.2, 0.25) is 0 Å². The number of carbonyl (C=O) groups is 1. The second-order valence-corrected chi connectivity index (χ2v) is 10.2. The molecule has 4 aromatic heterocycles. The van der Waals surface area contributed by atoms with Crippen LogP contribution in [0.4, 0.5) is 0 Å². The van der Waals surface area contributed by atoms with Gasteiger partial charge in [0.15, 0.2) is 6.79 Å². The van der Waals surface area contributed by atoms with E-state index in [1.807, 2.05) is 0 Å². The highest BCUT2D eigenvalue weighted by molar-refractivity contribution is 5.91. The van der Waals surface area contributed by atoms with E-state index < -0.39 is 29.4 Å². The number of aryl methyl sites for hydroxylation is 2. The fourth-order valence-corrected chi connectivity index (χ4v) is 5.28. The van der Waals surface area contributed by atoms with E-state index in [0.29, 0.717) is 39.2 Å². The van der Waals surface area contributed by atoms with Crippen LogP contribution in [0.15, 0.2) is 74.8 Å². The number of hydrogen-bond donors (Lipinski definition) is 6. The molecule has 6 aromatic rings. The van der Waals surface area contributed by atoms with Gasteiger partial charge in [0.2, 0.25) is 5.88 Å². The Labute approximate surface area is 252 Å². The molecule has 0 bridgehead atoms. The number of fused-ring (bicyclic) bond motifs is 2. The van der Waals surface area contributed by atoms with Crippen molar-refractivity contribution in [3.05, 3.63) is 119 Å². The van der Waals surface area contributed by atoms with Gasteiger partial charge >= 0.3 is 5.97 Å². The number of benzene rings is 2. The van der Waals surface area contributed by atoms with E-state index in [1.165, 1.54) is 45.7 Å². The minimum Gasteiger partial charge on any atom is -0.494 e. The number of aliphatic hydroxyl groups excluding tert-OH is 1. The maximum atomic E-state index is 13.3. The second-order valence-electron chi connectivity index (χ2n) is 10.2. The van der Waals surface area contributed by atoms with Crippen molar-refractivity contribution in [2.24, 2.45) is 0 Å². The third-order valence-electron chi connectivity index (χ3n) is 7.58. The SMILES string of the molecule is Cc1c(C=C=Cc2c(C)c3c(=O)n(-c4ccc(C(=O)O)cc4)[nH]c3[nH]c2=O)c(=O)[nH]c2cn(-c3ccc(OCO)cc3)c(O)c12. The van der Waals surface area contributed by atoms with Crippen LogP contribution >= 0.6 is 0 Å². The van der Waals surface area contributed by atoms with Crippen molar-refractivity contribution in [1.82, 2.24) is 24.3 Å². The van der Waals surface area contributed by atoms with Gasteiger partial charge in [-0.3, -0.25) is 24.0 Å². The van der Waals surface area contributed by atoms with E-state index in [9.17, 15) is 24.3 Å². The minimum atomic E-state index is -1.10. The molecule has 6 N–H and O–H groups in total. The second kappa shape index (κ2) is 11.1. The predicted molar refractivity (Wildman–Crippen MR) is 167 cm³/mol. The molecule has 13 nitrogen and oxygen atoms in total. The normalized spacial score (nSPS) is 11.1. The molecule has 4 heterocycles. The molecular weight excluding hydrogens is 582 g/mol. The van der Waals surface area contributed by atoms with Crippen LogP contribution in [0, 0.1) is 13.8 Å². The smallest absolute Gasteiger partial charge is 0.335 e. The first kappa shape index (κ1) is 28.8. The number of aromatic nitrogens is 5. The molecule has 6 rings (SSSR count). The molecule has 0 radical (unpaired) electrons. The van der Waals surface area contributed by atoms with E-state index in [0.717, 1.165) is 0 Å². The first-order chi connectivity index (χ1) is 21.6. The van der Waals surface area contributed by atoms with Crippen molar-refractivity contribution in [3.8, 4) is 23.0 Å². The molecule has 0 unspecified atom stereocenters. The van der Waals surface area contributed by atoms with Crippen LogP contribution in [-0.4, -0.2) is 52.4 Å². The van der Waals surface area contributed by atoms with Crippen LogP contribution < -0.4 is 21.4 Å². The van der Waals surface area contributed by atoms with Gasteiger partial charge in [0.25, 0.3) is 16.7 Å². The fraction of sp³-hybridized carbons (Fsp3) is 0.0938. The Morgan fingerprint density at radius 1 is 0.889 bits per heavy atom. The monoisotopic (exact) mass is 607 g/mol. The summed E-state index contributed by atoms with van der Waals surface area (Å²) in [4.78, 5) is 55.8. The third kappa shape index (κ3) is 4.93. The van der Waals surface area contributed by atoms with E-state index in [4.69, 9.17) is 14.9 Å². The van der Waals surface area contributed by atoms with E-state index in [2.05, 4.69) is 20.8 Å². The van der Waals surface area contributed by atoms with E-state index in [1.54, 1.807) is 44.3 Å². The summed E-state index contributed by atoms with van der Waals surface area (Å²) >= 11 is 0. The summed E-state index contributed by atoms with van der Waals surface area (Å²) in [7, 11) is 0. The minimum absolute atomic E-state index is 0.0628. The average molecular weight is 608 g/mol. The predicted octanol–water partition coefficient (Wildman–Crippen LogP) is 3.31. The first-order valence-corrected chi connectivity index (χ1v) is 13.5. The van der Waals surface area contributed by atoms with Crippen LogP contribution in [0.3, 0.4) is 0 Å². The summed E-state index contributed by atoms with van der Waals surface area (Å²) < 4.78 is 7.75. The van der Waals surface area contributed by atoms with Gasteiger partial charge in [0, 0.05) is 11.9 Å². The first-order valence-electron chi connectivity index (χ1n) is 13.5. The number of carboxylic acids is 1. The Balaban J connectivity index is 1.39. The largest absolute Gasteiger partial charge is 0.494 e. The number of nitrogens with one attached hydrogen (secondary N) is 3. The number of aromatic hydroxyl groups is 1. The summed E-state index contributed by atoms with van der Waals surface area (Å²) in [5.74, 6) is -0.754. The summed E-state index contributed by atoms with van der Waals surface area (Å²) in [5, 5.41) is 32.6. The zero-order valence-electron chi connectivity index (χ0n) is 23.8. The molecule has 45 heavy (non-hydrogen) atoms. The van der Waals surface area contributed by atoms with E-state index in [-0.39, 0.29) is 33.6 Å². The van der Waals surface area contributed by atoms with Crippen molar-refractivity contribution in [3.63, 3.8) is 0 Å². The molecule has 0 fully saturated rings. The van der Waals surface area contributed by atoms with Crippen molar-refractivity contribution in [2.45, 2.75) is 13.8 Å². The number of pyridine rings is 2. The standard InChI is InChI=1S/C32H25N5O8/c1-16-22(28(39)33-24-14-36(30(41)25(16)24)19-10-12-21(13-11-19)45-15-38)4-3-5-23-17(2)26-27(34-29(23)40)35-37(31(26)42)20-8-6-18(7-9-20)32(43)44/h4-14,38,41H,15H2,1-2H3,(H,33,39)(H,43,44)(H2,34,35,40). The van der Waals surface area contributed by atoms with Gasteiger partial charge in [0.05, 0.1) is 38.7 Å². The van der Waals surface area contributed by atoms with Crippen molar-refractivity contribution >= 4 is 40.1 Å². The number of aromatic carboxylic acids is 1. The number of ether oxygens (including phenoxy) is 1. The third-order valence-corrected chi connectivity index (χ3v) is 7.58. The quantitative estimate of drug-likeness (QED) is 0.117. The summed E-state index contributed by atoms with van der Waals surface area (Å²) in [5.41, 5.74) is 4.35. The number of carboxylic acid groups (broad SMARTS) is 1. The Bertz CT molecular complexity index is 2380. The number of hydrogen-bond acceptors (Lipinski definition) is 7. The van der Waals surface area contributed by atoms with Crippen molar-refractivity contribution in [2.75, 3.05) is 6.79 Å². The number of nitrogens with zero attached hydrogens (tertiary/aromatic N) is 2. The Kier molecular flexibility index (Phi) is 7.09. The van der Waals surface area contributed by atoms with Crippen molar-refractivity contribution in [1.29, 1.82) is 0 Å². The van der Waals surface area contributed by atoms with Gasteiger partial charge in [-0.1, -0.05) is 0 Å². The molecule has 0 saturated carbocycles. The number of rotatable bonds is 7. The number of aliphatic hydroxyl groups is 1. The Morgan fingerprint density at radius 2 is 1.49 bits per heavy atom. The van der Waals surface area contributed by atoms with Crippen LogP contribution in [-0.2, 0) is 0 Å². The van der Waals surface area contributed by atoms with Crippen LogP contribution in [0.25, 0.3) is 45.5 Å². The molecule has 13 heteroatoms. The molecule has 226 valence electrons. The van der Waals surface area contributed by atoms with Crippen molar-refractivity contribution < 1.29 is 24.9 Å². The summed E-state index contributed by atoms with van der Waals surface area (Å²) in [6.07, 6.45) is 4.36. The molecule has 0 amide bonds. The van der Waals surface area contributed by atoms with Gasteiger partial charge in [-0.2, -0.15) is 0 Å². The molecular formula is C32H25N5O8. The lowest BCUT2D eigenvalue weighted by Crippen LogP contribution is -2.16. The zero-order valence-corrected chi connectivity index (χ0v) is 23.8. The molecule has 0 saturated heterocycles. The lowest BCUT2D eigenvalue weighted by atomic mass is 10.1. The van der Waals surface area contributed by atoms with Gasteiger partial charge in [-0.15, -0.1) is 5.73 Å². The maximum absolute atomic E-state index is 13.3. The van der Waals surface area contributed by atoms with Crippen LogP contribution in [0.5, 0.6) is 11.6 Å². The fourth-order valence-electron chi connectivity index (χ4n) is 5.28. The zero-order chi connectivity index (χ0) is 32.0.